The highest BCUT2D eigenvalue weighted by Crippen LogP contribution is 2.26. The Morgan fingerprint density at radius 1 is 1.12 bits per heavy atom. The Morgan fingerprint density at radius 2 is 1.79 bits per heavy atom. The fourth-order valence-corrected chi connectivity index (χ4v) is 3.83. The molecule has 0 radical (unpaired) electrons. The van der Waals surface area contributed by atoms with Gasteiger partial charge in [0.05, 0.1) is 23.1 Å². The van der Waals surface area contributed by atoms with Crippen molar-refractivity contribution in [2.45, 2.75) is 11.8 Å². The van der Waals surface area contributed by atoms with Crippen molar-refractivity contribution in [3.8, 4) is 0 Å². The number of benzene rings is 2. The summed E-state index contributed by atoms with van der Waals surface area (Å²) in [4.78, 5) is 11.9. The van der Waals surface area contributed by atoms with E-state index in [2.05, 4.69) is 4.74 Å². The van der Waals surface area contributed by atoms with Crippen molar-refractivity contribution in [1.82, 2.24) is 3.97 Å². The van der Waals surface area contributed by atoms with Crippen LogP contribution in [0, 0.1) is 12.7 Å². The molecule has 0 bridgehead atoms. The highest BCUT2D eigenvalue weighted by Gasteiger charge is 2.22. The molecule has 0 saturated carbocycles. The maximum Gasteiger partial charge on any atom is 0.338 e. The van der Waals surface area contributed by atoms with Gasteiger partial charge in [0.2, 0.25) is 0 Å². The molecule has 3 rings (SSSR count). The van der Waals surface area contributed by atoms with Crippen molar-refractivity contribution in [2.24, 2.45) is 0 Å². The lowest BCUT2D eigenvalue weighted by atomic mass is 10.1. The minimum absolute atomic E-state index is 0.0228. The summed E-state index contributed by atoms with van der Waals surface area (Å²) in [6, 6.07) is 9.88. The van der Waals surface area contributed by atoms with Crippen molar-refractivity contribution in [2.75, 3.05) is 7.11 Å². The first-order valence-corrected chi connectivity index (χ1v) is 8.50. The summed E-state index contributed by atoms with van der Waals surface area (Å²) in [7, 11) is -2.73. The average molecular weight is 347 g/mol. The van der Waals surface area contributed by atoms with Crippen LogP contribution in [0.4, 0.5) is 4.39 Å². The molecule has 7 heteroatoms. The van der Waals surface area contributed by atoms with Crippen molar-refractivity contribution < 1.29 is 22.3 Å². The molecule has 0 amide bonds. The number of methoxy groups -OCH3 is 1. The van der Waals surface area contributed by atoms with E-state index in [9.17, 15) is 17.6 Å². The zero-order chi connectivity index (χ0) is 17.5. The zero-order valence-corrected chi connectivity index (χ0v) is 13.8. The molecule has 1 heterocycles. The van der Waals surface area contributed by atoms with E-state index in [1.807, 2.05) is 6.92 Å². The first kappa shape index (κ1) is 16.2. The van der Waals surface area contributed by atoms with Crippen molar-refractivity contribution >= 4 is 26.9 Å². The van der Waals surface area contributed by atoms with Gasteiger partial charge >= 0.3 is 5.97 Å². The van der Waals surface area contributed by atoms with Crippen molar-refractivity contribution in [3.05, 3.63) is 65.6 Å². The molecule has 124 valence electrons. The number of carbonyl (C=O) groups is 1. The normalized spacial score (nSPS) is 11.6. The predicted octanol–water partition coefficient (Wildman–Crippen LogP) is 3.11. The summed E-state index contributed by atoms with van der Waals surface area (Å²) >= 11 is 0. The van der Waals surface area contributed by atoms with Gasteiger partial charge in [-0.1, -0.05) is 17.7 Å². The third-order valence-electron chi connectivity index (χ3n) is 3.72. The van der Waals surface area contributed by atoms with Crippen LogP contribution in [0.1, 0.15) is 15.9 Å². The van der Waals surface area contributed by atoms with E-state index < -0.39 is 21.8 Å². The van der Waals surface area contributed by atoms with Crippen LogP contribution >= 0.6 is 0 Å². The first-order valence-electron chi connectivity index (χ1n) is 7.06. The molecule has 0 aliphatic heterocycles. The van der Waals surface area contributed by atoms with Gasteiger partial charge in [-0.05, 0) is 37.3 Å². The third-order valence-corrected chi connectivity index (χ3v) is 5.42. The molecule has 0 N–H and O–H groups in total. The molecule has 0 unspecified atom stereocenters. The number of hydrogen-bond donors (Lipinski definition) is 0. The smallest absolute Gasteiger partial charge is 0.338 e. The summed E-state index contributed by atoms with van der Waals surface area (Å²) in [5.41, 5.74) is 0.978. The number of carbonyl (C=O) groups excluding carboxylic acids is 1. The second-order valence-electron chi connectivity index (χ2n) is 5.31. The molecule has 5 nitrogen and oxygen atoms in total. The minimum Gasteiger partial charge on any atom is -0.465 e. The highest BCUT2D eigenvalue weighted by atomic mass is 32.2. The van der Waals surface area contributed by atoms with E-state index in [0.717, 1.165) is 21.7 Å². The van der Waals surface area contributed by atoms with Crippen LogP contribution in [0.5, 0.6) is 0 Å². The summed E-state index contributed by atoms with van der Waals surface area (Å²) in [6.45, 7) is 1.85. The topological polar surface area (TPSA) is 65.4 Å². The summed E-state index contributed by atoms with van der Waals surface area (Å²) < 4.78 is 45.1. The largest absolute Gasteiger partial charge is 0.465 e. The molecular weight excluding hydrogens is 333 g/mol. The summed E-state index contributed by atoms with van der Waals surface area (Å²) in [5.74, 6) is -1.45. The van der Waals surface area contributed by atoms with E-state index in [1.54, 1.807) is 12.1 Å². The first-order chi connectivity index (χ1) is 11.3. The Labute approximate surface area is 138 Å². The summed E-state index contributed by atoms with van der Waals surface area (Å²) in [5, 5.41) is 0.305. The number of halogens is 1. The van der Waals surface area contributed by atoms with E-state index in [0.29, 0.717) is 5.39 Å². The highest BCUT2D eigenvalue weighted by molar-refractivity contribution is 7.90. The Morgan fingerprint density at radius 3 is 2.42 bits per heavy atom. The molecule has 0 aliphatic rings. The number of aromatic nitrogens is 1. The SMILES string of the molecule is COC(=O)c1cc(F)cc2c1ccn2S(=O)(=O)c1ccc(C)cc1. The average Bonchev–Trinajstić information content (AvgIpc) is 2.98. The molecular formula is C17H14FNO4S. The van der Waals surface area contributed by atoms with E-state index in [1.165, 1.54) is 31.5 Å². The number of aryl methyl sites for hydroxylation is 1. The molecule has 24 heavy (non-hydrogen) atoms. The fourth-order valence-electron chi connectivity index (χ4n) is 2.50. The van der Waals surface area contributed by atoms with Gasteiger partial charge in [-0.25, -0.2) is 21.6 Å². The van der Waals surface area contributed by atoms with Crippen molar-refractivity contribution in [1.29, 1.82) is 0 Å². The molecule has 0 spiro atoms. The van der Waals surface area contributed by atoms with Gasteiger partial charge in [-0.15, -0.1) is 0 Å². The Kier molecular flexibility index (Phi) is 3.88. The van der Waals surface area contributed by atoms with E-state index >= 15 is 0 Å². The van der Waals surface area contributed by atoms with Crippen LogP contribution in [-0.4, -0.2) is 25.5 Å². The maximum absolute atomic E-state index is 13.9. The van der Waals surface area contributed by atoms with Crippen LogP contribution < -0.4 is 0 Å². The van der Waals surface area contributed by atoms with E-state index in [-0.39, 0.29) is 16.0 Å². The number of hydrogen-bond acceptors (Lipinski definition) is 4. The second kappa shape index (κ2) is 5.76. The molecule has 1 aromatic heterocycles. The van der Waals surface area contributed by atoms with Gasteiger partial charge in [0, 0.05) is 11.6 Å². The number of esters is 1. The van der Waals surface area contributed by atoms with Gasteiger partial charge < -0.3 is 4.74 Å². The minimum atomic E-state index is -3.91. The van der Waals surface area contributed by atoms with Crippen LogP contribution in [0.15, 0.2) is 53.6 Å². The number of nitrogens with zero attached hydrogens (tertiary/aromatic N) is 1. The maximum atomic E-state index is 13.9. The molecule has 0 fully saturated rings. The number of rotatable bonds is 3. The van der Waals surface area contributed by atoms with Gasteiger partial charge in [0.25, 0.3) is 10.0 Å². The molecule has 3 aromatic rings. The number of fused-ring (bicyclic) bond motifs is 1. The van der Waals surface area contributed by atoms with E-state index in [4.69, 9.17) is 0 Å². The molecule has 0 saturated heterocycles. The van der Waals surface area contributed by atoms with Crippen LogP contribution in [0.25, 0.3) is 10.9 Å². The second-order valence-corrected chi connectivity index (χ2v) is 7.12. The predicted molar refractivity (Wildman–Crippen MR) is 87.0 cm³/mol. The van der Waals surface area contributed by atoms with Gasteiger partial charge in [-0.3, -0.25) is 0 Å². The van der Waals surface area contributed by atoms with Gasteiger partial charge in [-0.2, -0.15) is 0 Å². The van der Waals surface area contributed by atoms with Crippen LogP contribution in [0.3, 0.4) is 0 Å². The monoisotopic (exact) mass is 347 g/mol. The molecule has 0 atom stereocenters. The van der Waals surface area contributed by atoms with Gasteiger partial charge in [0.1, 0.15) is 5.82 Å². The Balaban J connectivity index is 2.26. The molecule has 2 aromatic carbocycles. The lowest BCUT2D eigenvalue weighted by molar-refractivity contribution is 0.0602. The third kappa shape index (κ3) is 2.56. The van der Waals surface area contributed by atoms with Crippen LogP contribution in [-0.2, 0) is 14.8 Å². The van der Waals surface area contributed by atoms with Crippen molar-refractivity contribution in [3.63, 3.8) is 0 Å². The van der Waals surface area contributed by atoms with Gasteiger partial charge in [0.15, 0.2) is 0 Å². The lowest BCUT2D eigenvalue weighted by Gasteiger charge is -2.09. The standard InChI is InChI=1S/C17H14FNO4S/c1-11-3-5-13(6-4-11)24(21,22)19-8-7-14-15(17(20)23-2)9-12(18)10-16(14)19/h3-10H,1-2H3. The summed E-state index contributed by atoms with van der Waals surface area (Å²) in [6.07, 6.45) is 1.30. The fraction of sp³-hybridized carbons (Fsp3) is 0.118. The number of ether oxygens (including phenoxy) is 1. The molecule has 0 aliphatic carbocycles. The quantitative estimate of drug-likeness (QED) is 0.683. The zero-order valence-electron chi connectivity index (χ0n) is 13.0. The Hall–Kier alpha value is -2.67. The lowest BCUT2D eigenvalue weighted by Crippen LogP contribution is -2.12. The Bertz CT molecular complexity index is 1040. The van der Waals surface area contributed by atoms with Crippen LogP contribution in [0.2, 0.25) is 0 Å².